The van der Waals surface area contributed by atoms with E-state index in [1.54, 1.807) is 6.92 Å². The zero-order valence-electron chi connectivity index (χ0n) is 14.0. The van der Waals surface area contributed by atoms with E-state index in [1.807, 2.05) is 20.8 Å². The molecule has 1 rings (SSSR count). The molecule has 0 aliphatic heterocycles. The van der Waals surface area contributed by atoms with Crippen LogP contribution in [0.5, 0.6) is 0 Å². The van der Waals surface area contributed by atoms with Gasteiger partial charge in [-0.3, -0.25) is 4.79 Å². The fourth-order valence-corrected chi connectivity index (χ4v) is 3.06. The van der Waals surface area contributed by atoms with Gasteiger partial charge in [0.25, 0.3) is 0 Å². The molecule has 3 heteroatoms. The molecule has 120 valence electrons. The number of Topliss-reactive ketones (excluding diaryl/α,β-unsaturated/α-hetero) is 1. The van der Waals surface area contributed by atoms with Gasteiger partial charge >= 0.3 is 5.97 Å². The molecule has 1 aliphatic rings. The van der Waals surface area contributed by atoms with Crippen molar-refractivity contribution in [3.63, 3.8) is 0 Å². The van der Waals surface area contributed by atoms with Gasteiger partial charge in [-0.1, -0.05) is 18.6 Å². The first kappa shape index (κ1) is 17.9. The Balaban J connectivity index is 2.46. The third-order valence-corrected chi connectivity index (χ3v) is 4.07. The fraction of sp³-hybridized carbons (Fsp3) is 0.778. The average molecular weight is 294 g/mol. The second kappa shape index (κ2) is 7.77. The lowest BCUT2D eigenvalue weighted by Gasteiger charge is -2.32. The smallest absolute Gasteiger partial charge is 0.306 e. The standard InChI is InChI=1S/C18H30O3/c1-13(19)8-6-9-15-10-7-11-16(14(15)2)12-17(20)21-18(3,4)5/h15-16H,2,6-12H2,1,3-5H3/t15?,16-/m0/s1. The van der Waals surface area contributed by atoms with Crippen molar-refractivity contribution in [2.75, 3.05) is 0 Å². The van der Waals surface area contributed by atoms with Gasteiger partial charge in [0.15, 0.2) is 0 Å². The van der Waals surface area contributed by atoms with Crippen molar-refractivity contribution >= 4 is 11.8 Å². The van der Waals surface area contributed by atoms with E-state index in [9.17, 15) is 9.59 Å². The molecule has 0 aromatic carbocycles. The number of esters is 1. The van der Waals surface area contributed by atoms with Crippen LogP contribution in [0.2, 0.25) is 0 Å². The van der Waals surface area contributed by atoms with Crippen LogP contribution in [0.15, 0.2) is 12.2 Å². The number of carbonyl (C=O) groups excluding carboxylic acids is 2. The zero-order valence-corrected chi connectivity index (χ0v) is 14.0. The van der Waals surface area contributed by atoms with Crippen LogP contribution in [0.25, 0.3) is 0 Å². The van der Waals surface area contributed by atoms with Gasteiger partial charge in [-0.2, -0.15) is 0 Å². The highest BCUT2D eigenvalue weighted by atomic mass is 16.6. The Kier molecular flexibility index (Phi) is 6.63. The number of ether oxygens (including phenoxy) is 1. The molecule has 2 atom stereocenters. The topological polar surface area (TPSA) is 43.4 Å². The maximum absolute atomic E-state index is 12.0. The average Bonchev–Trinajstić information content (AvgIpc) is 2.31. The van der Waals surface area contributed by atoms with Crippen molar-refractivity contribution in [2.45, 2.75) is 78.2 Å². The molecular weight excluding hydrogens is 264 g/mol. The molecule has 1 saturated carbocycles. The van der Waals surface area contributed by atoms with E-state index in [0.717, 1.165) is 32.1 Å². The van der Waals surface area contributed by atoms with Gasteiger partial charge in [-0.25, -0.2) is 0 Å². The fourth-order valence-electron chi connectivity index (χ4n) is 3.06. The molecule has 0 spiro atoms. The first-order valence-electron chi connectivity index (χ1n) is 8.09. The number of hydrogen-bond donors (Lipinski definition) is 0. The Morgan fingerprint density at radius 2 is 1.86 bits per heavy atom. The largest absolute Gasteiger partial charge is 0.460 e. The number of ketones is 1. The Hall–Kier alpha value is -1.12. The van der Waals surface area contributed by atoms with Gasteiger partial charge in [0, 0.05) is 6.42 Å². The summed E-state index contributed by atoms with van der Waals surface area (Å²) in [6.45, 7) is 11.6. The molecule has 0 N–H and O–H groups in total. The van der Waals surface area contributed by atoms with Crippen LogP contribution in [-0.4, -0.2) is 17.4 Å². The first-order valence-corrected chi connectivity index (χ1v) is 8.09. The quantitative estimate of drug-likeness (QED) is 0.537. The summed E-state index contributed by atoms with van der Waals surface area (Å²) in [7, 11) is 0. The zero-order chi connectivity index (χ0) is 16.0. The predicted octanol–water partition coefficient (Wildman–Crippen LogP) is 4.45. The van der Waals surface area contributed by atoms with Crippen LogP contribution < -0.4 is 0 Å². The van der Waals surface area contributed by atoms with Crippen molar-refractivity contribution in [1.82, 2.24) is 0 Å². The minimum atomic E-state index is -0.423. The molecule has 0 amide bonds. The summed E-state index contributed by atoms with van der Waals surface area (Å²) >= 11 is 0. The summed E-state index contributed by atoms with van der Waals surface area (Å²) in [5.74, 6) is 0.834. The maximum atomic E-state index is 12.0. The van der Waals surface area contributed by atoms with Crippen molar-refractivity contribution in [3.8, 4) is 0 Å². The van der Waals surface area contributed by atoms with Crippen LogP contribution in [0.3, 0.4) is 0 Å². The molecule has 1 aliphatic carbocycles. The normalized spacial score (nSPS) is 23.0. The number of rotatable bonds is 6. The van der Waals surface area contributed by atoms with Crippen molar-refractivity contribution in [3.05, 3.63) is 12.2 Å². The Morgan fingerprint density at radius 1 is 1.24 bits per heavy atom. The minimum Gasteiger partial charge on any atom is -0.460 e. The highest BCUT2D eigenvalue weighted by molar-refractivity contribution is 5.75. The van der Waals surface area contributed by atoms with Crippen LogP contribution >= 0.6 is 0 Å². The van der Waals surface area contributed by atoms with Gasteiger partial charge in [-0.05, 0) is 65.2 Å². The van der Waals surface area contributed by atoms with E-state index in [1.165, 1.54) is 5.57 Å². The van der Waals surface area contributed by atoms with Crippen molar-refractivity contribution in [2.24, 2.45) is 11.8 Å². The molecule has 0 radical (unpaired) electrons. The minimum absolute atomic E-state index is 0.127. The highest BCUT2D eigenvalue weighted by Crippen LogP contribution is 2.38. The lowest BCUT2D eigenvalue weighted by molar-refractivity contribution is -0.155. The van der Waals surface area contributed by atoms with E-state index >= 15 is 0 Å². The van der Waals surface area contributed by atoms with E-state index < -0.39 is 5.60 Å². The lowest BCUT2D eigenvalue weighted by atomic mass is 9.74. The third-order valence-electron chi connectivity index (χ3n) is 4.07. The number of carbonyl (C=O) groups is 2. The Bertz CT molecular complexity index is 390. The van der Waals surface area contributed by atoms with E-state index in [0.29, 0.717) is 18.8 Å². The molecule has 0 saturated heterocycles. The van der Waals surface area contributed by atoms with Crippen LogP contribution in [0.4, 0.5) is 0 Å². The van der Waals surface area contributed by atoms with Crippen molar-refractivity contribution in [1.29, 1.82) is 0 Å². The van der Waals surface area contributed by atoms with Crippen LogP contribution in [0, 0.1) is 11.8 Å². The number of allylic oxidation sites excluding steroid dienone is 1. The monoisotopic (exact) mass is 294 g/mol. The maximum Gasteiger partial charge on any atom is 0.306 e. The molecule has 0 heterocycles. The highest BCUT2D eigenvalue weighted by Gasteiger charge is 2.29. The van der Waals surface area contributed by atoms with E-state index in [-0.39, 0.29) is 17.7 Å². The summed E-state index contributed by atoms with van der Waals surface area (Å²) in [5, 5.41) is 0. The van der Waals surface area contributed by atoms with Crippen molar-refractivity contribution < 1.29 is 14.3 Å². The molecule has 1 unspecified atom stereocenters. The molecule has 3 nitrogen and oxygen atoms in total. The number of hydrogen-bond acceptors (Lipinski definition) is 3. The SMILES string of the molecule is C=C1C(CCCC(C)=O)CCC[C@H]1CC(=O)OC(C)(C)C. The summed E-state index contributed by atoms with van der Waals surface area (Å²) in [5.41, 5.74) is 0.768. The van der Waals surface area contributed by atoms with Gasteiger partial charge in [-0.15, -0.1) is 0 Å². The predicted molar refractivity (Wildman–Crippen MR) is 85.0 cm³/mol. The molecule has 1 fully saturated rings. The summed E-state index contributed by atoms with van der Waals surface area (Å²) in [6.07, 6.45) is 6.35. The second-order valence-corrected chi connectivity index (χ2v) is 7.28. The molecule has 21 heavy (non-hydrogen) atoms. The van der Waals surface area contributed by atoms with E-state index in [2.05, 4.69) is 6.58 Å². The van der Waals surface area contributed by atoms with Gasteiger partial charge in [0.2, 0.25) is 0 Å². The summed E-state index contributed by atoms with van der Waals surface area (Å²) in [4.78, 5) is 23.0. The second-order valence-electron chi connectivity index (χ2n) is 7.28. The Labute approximate surface area is 129 Å². The van der Waals surface area contributed by atoms with Crippen LogP contribution in [0.1, 0.15) is 72.6 Å². The third kappa shape index (κ3) is 6.92. The lowest BCUT2D eigenvalue weighted by Crippen LogP contribution is -2.27. The Morgan fingerprint density at radius 3 is 2.43 bits per heavy atom. The summed E-state index contributed by atoms with van der Waals surface area (Å²) < 4.78 is 5.41. The van der Waals surface area contributed by atoms with Gasteiger partial charge in [0.1, 0.15) is 11.4 Å². The van der Waals surface area contributed by atoms with Gasteiger partial charge < -0.3 is 9.53 Å². The molecule has 0 aromatic rings. The first-order chi connectivity index (χ1) is 9.69. The molecule has 0 aromatic heterocycles. The van der Waals surface area contributed by atoms with Gasteiger partial charge in [0.05, 0.1) is 6.42 Å². The van der Waals surface area contributed by atoms with Crippen LogP contribution in [-0.2, 0) is 14.3 Å². The molecule has 0 bridgehead atoms. The molecular formula is C18H30O3. The van der Waals surface area contributed by atoms with E-state index in [4.69, 9.17) is 4.74 Å². The summed E-state index contributed by atoms with van der Waals surface area (Å²) in [6, 6.07) is 0.